The zero-order chi connectivity index (χ0) is 19.7. The molecule has 146 valence electrons. The Morgan fingerprint density at radius 1 is 1.25 bits per heavy atom. The molecule has 1 spiro atoms. The number of rotatable bonds is 3. The number of urea groups is 1. The number of likely N-dealkylation sites (tertiary alicyclic amines) is 1. The van der Waals surface area contributed by atoms with Gasteiger partial charge in [-0.15, -0.1) is 0 Å². The standard InChI is InChI=1S/C21H25N5O2/c1-25(20(22)28)13-17(27)26-11-5-9-21(14-26)10-8-16-12-23-19(24-18(16)21)15-6-3-2-4-7-15/h2-4,6-7,12H,5,8-11,13-14H2,1H3,(H2,22,28). The number of carbonyl (C=O) groups excluding carboxylic acids is 2. The van der Waals surface area contributed by atoms with Crippen LogP contribution in [0.2, 0.25) is 0 Å². The van der Waals surface area contributed by atoms with Crippen LogP contribution in [0, 0.1) is 0 Å². The van der Waals surface area contributed by atoms with E-state index in [1.807, 2.05) is 41.4 Å². The second kappa shape index (κ2) is 7.22. The summed E-state index contributed by atoms with van der Waals surface area (Å²) in [5.41, 5.74) is 8.41. The summed E-state index contributed by atoms with van der Waals surface area (Å²) >= 11 is 0. The summed E-state index contributed by atoms with van der Waals surface area (Å²) in [5.74, 6) is 0.670. The van der Waals surface area contributed by atoms with Gasteiger partial charge in [-0.2, -0.15) is 0 Å². The van der Waals surface area contributed by atoms with E-state index in [0.717, 1.165) is 42.8 Å². The number of carbonyl (C=O) groups is 2. The lowest BCUT2D eigenvalue weighted by Gasteiger charge is -2.41. The van der Waals surface area contributed by atoms with E-state index in [0.29, 0.717) is 13.1 Å². The van der Waals surface area contributed by atoms with Gasteiger partial charge in [-0.05, 0) is 31.2 Å². The number of hydrogen-bond donors (Lipinski definition) is 1. The third-order valence-electron chi connectivity index (χ3n) is 5.95. The van der Waals surface area contributed by atoms with E-state index in [-0.39, 0.29) is 17.9 Å². The summed E-state index contributed by atoms with van der Waals surface area (Å²) in [4.78, 5) is 36.6. The van der Waals surface area contributed by atoms with Gasteiger partial charge in [0.25, 0.3) is 0 Å². The zero-order valence-corrected chi connectivity index (χ0v) is 16.1. The maximum Gasteiger partial charge on any atom is 0.314 e. The minimum atomic E-state index is -0.591. The van der Waals surface area contributed by atoms with Crippen molar-refractivity contribution in [3.63, 3.8) is 0 Å². The monoisotopic (exact) mass is 379 g/mol. The maximum atomic E-state index is 12.7. The fourth-order valence-corrected chi connectivity index (χ4v) is 4.39. The zero-order valence-electron chi connectivity index (χ0n) is 16.1. The SMILES string of the molecule is CN(CC(=O)N1CCCC2(CCc3cnc(-c4ccccc4)nc32)C1)C(N)=O. The van der Waals surface area contributed by atoms with Gasteiger partial charge in [-0.25, -0.2) is 14.8 Å². The molecule has 2 aliphatic rings. The van der Waals surface area contributed by atoms with Crippen molar-refractivity contribution in [3.8, 4) is 11.4 Å². The van der Waals surface area contributed by atoms with Crippen molar-refractivity contribution in [2.75, 3.05) is 26.7 Å². The van der Waals surface area contributed by atoms with Gasteiger partial charge in [0.05, 0.1) is 5.69 Å². The second-order valence-corrected chi connectivity index (χ2v) is 7.83. The molecular weight excluding hydrogens is 354 g/mol. The number of nitrogens with two attached hydrogens (primary N) is 1. The highest BCUT2D eigenvalue weighted by molar-refractivity contribution is 5.83. The molecule has 0 bridgehead atoms. The van der Waals surface area contributed by atoms with Crippen LogP contribution in [0.15, 0.2) is 36.5 Å². The van der Waals surface area contributed by atoms with Gasteiger partial charge < -0.3 is 15.5 Å². The second-order valence-electron chi connectivity index (χ2n) is 7.83. The Bertz CT molecular complexity index is 897. The smallest absolute Gasteiger partial charge is 0.314 e. The van der Waals surface area contributed by atoms with Crippen molar-refractivity contribution in [1.82, 2.24) is 19.8 Å². The first-order chi connectivity index (χ1) is 13.5. The molecule has 2 N–H and O–H groups in total. The van der Waals surface area contributed by atoms with Gasteiger partial charge >= 0.3 is 6.03 Å². The highest BCUT2D eigenvalue weighted by atomic mass is 16.2. The van der Waals surface area contributed by atoms with E-state index in [9.17, 15) is 9.59 Å². The molecule has 28 heavy (non-hydrogen) atoms. The van der Waals surface area contributed by atoms with Crippen LogP contribution in [0.25, 0.3) is 11.4 Å². The largest absolute Gasteiger partial charge is 0.351 e. The van der Waals surface area contributed by atoms with E-state index in [4.69, 9.17) is 10.7 Å². The third kappa shape index (κ3) is 3.32. The molecule has 3 amide bonds. The minimum Gasteiger partial charge on any atom is -0.351 e. The molecule has 1 aromatic carbocycles. The molecule has 2 heterocycles. The first-order valence-electron chi connectivity index (χ1n) is 9.69. The maximum absolute atomic E-state index is 12.7. The number of benzene rings is 1. The fourth-order valence-electron chi connectivity index (χ4n) is 4.39. The number of amides is 3. The highest BCUT2D eigenvalue weighted by Gasteiger charge is 2.44. The average Bonchev–Trinajstić information content (AvgIpc) is 3.05. The van der Waals surface area contributed by atoms with E-state index in [1.54, 1.807) is 7.05 Å². The molecule has 7 nitrogen and oxygen atoms in total. The van der Waals surface area contributed by atoms with Crippen LogP contribution in [0.1, 0.15) is 30.5 Å². The molecular formula is C21H25N5O2. The van der Waals surface area contributed by atoms with Crippen LogP contribution >= 0.6 is 0 Å². The normalized spacial score (nSPS) is 20.8. The molecule has 1 saturated heterocycles. The van der Waals surface area contributed by atoms with Gasteiger partial charge in [0.2, 0.25) is 5.91 Å². The molecule has 0 saturated carbocycles. The summed E-state index contributed by atoms with van der Waals surface area (Å²) in [6.07, 6.45) is 5.80. The predicted molar refractivity (Wildman–Crippen MR) is 105 cm³/mol. The van der Waals surface area contributed by atoms with Crippen LogP contribution in [0.5, 0.6) is 0 Å². The van der Waals surface area contributed by atoms with Crippen molar-refractivity contribution in [2.45, 2.75) is 31.1 Å². The van der Waals surface area contributed by atoms with E-state index >= 15 is 0 Å². The lowest BCUT2D eigenvalue weighted by molar-refractivity contribution is -0.133. The summed E-state index contributed by atoms with van der Waals surface area (Å²) in [7, 11) is 1.55. The van der Waals surface area contributed by atoms with Crippen molar-refractivity contribution in [2.24, 2.45) is 5.73 Å². The van der Waals surface area contributed by atoms with E-state index in [1.165, 1.54) is 10.5 Å². The number of fused-ring (bicyclic) bond motifs is 2. The minimum absolute atomic E-state index is 0.0112. The Labute approximate surface area is 164 Å². The number of nitrogens with zero attached hydrogens (tertiary/aromatic N) is 4. The Morgan fingerprint density at radius 3 is 2.79 bits per heavy atom. The van der Waals surface area contributed by atoms with E-state index < -0.39 is 6.03 Å². The first kappa shape index (κ1) is 18.4. The van der Waals surface area contributed by atoms with Crippen LogP contribution in [0.3, 0.4) is 0 Å². The fraction of sp³-hybridized carbons (Fsp3) is 0.429. The summed E-state index contributed by atoms with van der Waals surface area (Å²) in [6, 6.07) is 9.38. The number of primary amides is 1. The Morgan fingerprint density at radius 2 is 2.04 bits per heavy atom. The lowest BCUT2D eigenvalue weighted by Crippen LogP contribution is -2.51. The van der Waals surface area contributed by atoms with Gasteiger partial charge in [0.15, 0.2) is 5.82 Å². The van der Waals surface area contributed by atoms with Crippen molar-refractivity contribution >= 4 is 11.9 Å². The summed E-state index contributed by atoms with van der Waals surface area (Å²) < 4.78 is 0. The highest BCUT2D eigenvalue weighted by Crippen LogP contribution is 2.44. The number of aryl methyl sites for hydroxylation is 1. The van der Waals surface area contributed by atoms with Crippen LogP contribution in [0.4, 0.5) is 4.79 Å². The number of piperidine rings is 1. The van der Waals surface area contributed by atoms with Crippen LogP contribution in [-0.4, -0.2) is 58.4 Å². The molecule has 1 unspecified atom stereocenters. The molecule has 2 aromatic rings. The summed E-state index contributed by atoms with van der Waals surface area (Å²) in [5, 5.41) is 0. The number of likely N-dealkylation sites (N-methyl/N-ethyl adjacent to an activating group) is 1. The van der Waals surface area contributed by atoms with E-state index in [2.05, 4.69) is 4.98 Å². The van der Waals surface area contributed by atoms with Crippen molar-refractivity contribution in [3.05, 3.63) is 47.8 Å². The van der Waals surface area contributed by atoms with Gasteiger partial charge in [-0.3, -0.25) is 4.79 Å². The molecule has 1 atom stereocenters. The molecule has 4 rings (SSSR count). The Kier molecular flexibility index (Phi) is 4.75. The van der Waals surface area contributed by atoms with Gasteiger partial charge in [0.1, 0.15) is 6.54 Å². The lowest BCUT2D eigenvalue weighted by atomic mass is 9.77. The Balaban J connectivity index is 1.60. The van der Waals surface area contributed by atoms with Gasteiger partial charge in [-0.1, -0.05) is 30.3 Å². The van der Waals surface area contributed by atoms with Crippen molar-refractivity contribution < 1.29 is 9.59 Å². The molecule has 7 heteroatoms. The third-order valence-corrected chi connectivity index (χ3v) is 5.95. The van der Waals surface area contributed by atoms with Crippen LogP contribution in [-0.2, 0) is 16.6 Å². The average molecular weight is 379 g/mol. The van der Waals surface area contributed by atoms with Gasteiger partial charge in [0, 0.05) is 37.3 Å². The topological polar surface area (TPSA) is 92.4 Å². The molecule has 1 aromatic heterocycles. The molecule has 1 fully saturated rings. The number of aromatic nitrogens is 2. The first-order valence-corrected chi connectivity index (χ1v) is 9.69. The Hall–Kier alpha value is -2.96. The molecule has 0 radical (unpaired) electrons. The van der Waals surface area contributed by atoms with Crippen LogP contribution < -0.4 is 5.73 Å². The summed E-state index contributed by atoms with van der Waals surface area (Å²) in [6.45, 7) is 1.35. The molecule has 1 aliphatic carbocycles. The number of hydrogen-bond acceptors (Lipinski definition) is 4. The molecule has 1 aliphatic heterocycles. The quantitative estimate of drug-likeness (QED) is 0.882. The van der Waals surface area contributed by atoms with Crippen molar-refractivity contribution in [1.29, 1.82) is 0 Å². The predicted octanol–water partition coefficient (Wildman–Crippen LogP) is 1.96.